The molecule has 1 aromatic heterocycles. The van der Waals surface area contributed by atoms with Gasteiger partial charge in [0, 0.05) is 18.8 Å². The summed E-state index contributed by atoms with van der Waals surface area (Å²) in [5.41, 5.74) is 6.99. The quantitative estimate of drug-likeness (QED) is 0.791. The Hall–Kier alpha value is -1.81. The van der Waals surface area contributed by atoms with Crippen LogP contribution < -0.4 is 10.5 Å². The zero-order chi connectivity index (χ0) is 11.7. The summed E-state index contributed by atoms with van der Waals surface area (Å²) in [5.74, 6) is 0.630. The summed E-state index contributed by atoms with van der Waals surface area (Å²) in [6.45, 7) is 0.0111. The van der Waals surface area contributed by atoms with E-state index in [1.807, 2.05) is 29.8 Å². The molecule has 2 rings (SSSR count). The zero-order valence-corrected chi connectivity index (χ0v) is 9.36. The van der Waals surface area contributed by atoms with Gasteiger partial charge in [-0.1, -0.05) is 6.07 Å². The zero-order valence-electron chi connectivity index (χ0n) is 9.36. The maximum Gasteiger partial charge on any atom is 0.178 e. The van der Waals surface area contributed by atoms with E-state index in [4.69, 9.17) is 10.5 Å². The van der Waals surface area contributed by atoms with Gasteiger partial charge in [0.25, 0.3) is 0 Å². The molecule has 4 nitrogen and oxygen atoms in total. The molecule has 2 N–H and O–H groups in total. The van der Waals surface area contributed by atoms with Crippen LogP contribution in [0.4, 0.5) is 0 Å². The van der Waals surface area contributed by atoms with Gasteiger partial charge in [-0.3, -0.25) is 4.79 Å². The van der Waals surface area contributed by atoms with Crippen LogP contribution in [0.15, 0.2) is 24.4 Å². The number of benzene rings is 1. The Morgan fingerprint density at radius 3 is 2.88 bits per heavy atom. The number of nitrogens with zero attached hydrogens (tertiary/aromatic N) is 1. The highest BCUT2D eigenvalue weighted by molar-refractivity contribution is 6.11. The number of Topliss-reactive ketones (excluding diaryl/α,β-unsaturated/α-hetero) is 1. The van der Waals surface area contributed by atoms with Crippen LogP contribution in [0.5, 0.6) is 5.75 Å². The molecular formula is C12H14N2O2. The lowest BCUT2D eigenvalue weighted by Gasteiger charge is -2.03. The second-order valence-electron chi connectivity index (χ2n) is 3.64. The van der Waals surface area contributed by atoms with Crippen molar-refractivity contribution in [3.05, 3.63) is 30.0 Å². The molecule has 0 bridgehead atoms. The van der Waals surface area contributed by atoms with Gasteiger partial charge in [-0.25, -0.2) is 0 Å². The number of ketones is 1. The van der Waals surface area contributed by atoms with E-state index in [9.17, 15) is 4.79 Å². The molecule has 0 spiro atoms. The summed E-state index contributed by atoms with van der Waals surface area (Å²) in [6, 6.07) is 5.69. The first-order valence-corrected chi connectivity index (χ1v) is 5.04. The number of aryl methyl sites for hydroxylation is 1. The molecule has 0 unspecified atom stereocenters. The Labute approximate surface area is 93.6 Å². The first-order valence-electron chi connectivity index (χ1n) is 5.04. The SMILES string of the molecule is COc1cccc2c1c(C(=O)CN)cn2C. The van der Waals surface area contributed by atoms with E-state index >= 15 is 0 Å². The lowest BCUT2D eigenvalue weighted by atomic mass is 10.1. The summed E-state index contributed by atoms with van der Waals surface area (Å²) in [5, 5.41) is 0.836. The molecule has 2 aromatic rings. The smallest absolute Gasteiger partial charge is 0.178 e. The minimum atomic E-state index is -0.0740. The second kappa shape index (κ2) is 3.98. The van der Waals surface area contributed by atoms with Crippen molar-refractivity contribution in [3.63, 3.8) is 0 Å². The van der Waals surface area contributed by atoms with Crippen LogP contribution in [0.25, 0.3) is 10.9 Å². The fourth-order valence-electron chi connectivity index (χ4n) is 1.90. The topological polar surface area (TPSA) is 57.2 Å². The number of hydrogen-bond donors (Lipinski definition) is 1. The average molecular weight is 218 g/mol. The summed E-state index contributed by atoms with van der Waals surface area (Å²) in [4.78, 5) is 11.7. The molecule has 0 saturated carbocycles. The van der Waals surface area contributed by atoms with Gasteiger partial charge < -0.3 is 15.0 Å². The van der Waals surface area contributed by atoms with Crippen LogP contribution in [-0.4, -0.2) is 24.0 Å². The van der Waals surface area contributed by atoms with Crippen LogP contribution in [0.3, 0.4) is 0 Å². The molecule has 0 aliphatic heterocycles. The van der Waals surface area contributed by atoms with Gasteiger partial charge in [0.2, 0.25) is 0 Å². The van der Waals surface area contributed by atoms with E-state index in [1.54, 1.807) is 13.3 Å². The maximum absolute atomic E-state index is 11.7. The highest BCUT2D eigenvalue weighted by Crippen LogP contribution is 2.30. The number of methoxy groups -OCH3 is 1. The van der Waals surface area contributed by atoms with Gasteiger partial charge in [-0.15, -0.1) is 0 Å². The summed E-state index contributed by atoms with van der Waals surface area (Å²) in [6.07, 6.45) is 1.79. The van der Waals surface area contributed by atoms with Crippen LogP contribution in [-0.2, 0) is 7.05 Å². The summed E-state index contributed by atoms with van der Waals surface area (Å²) in [7, 11) is 3.49. The van der Waals surface area contributed by atoms with Crippen molar-refractivity contribution in [3.8, 4) is 5.75 Å². The van der Waals surface area contributed by atoms with E-state index in [-0.39, 0.29) is 12.3 Å². The molecule has 0 amide bonds. The Kier molecular flexibility index (Phi) is 2.66. The molecule has 1 aromatic carbocycles. The van der Waals surface area contributed by atoms with Gasteiger partial charge >= 0.3 is 0 Å². The number of aromatic nitrogens is 1. The predicted octanol–water partition coefficient (Wildman–Crippen LogP) is 1.33. The number of hydrogen-bond acceptors (Lipinski definition) is 3. The summed E-state index contributed by atoms with van der Waals surface area (Å²) >= 11 is 0. The monoisotopic (exact) mass is 218 g/mol. The largest absolute Gasteiger partial charge is 0.496 e. The van der Waals surface area contributed by atoms with Crippen LogP contribution >= 0.6 is 0 Å². The van der Waals surface area contributed by atoms with E-state index in [0.717, 1.165) is 10.9 Å². The summed E-state index contributed by atoms with van der Waals surface area (Å²) < 4.78 is 7.17. The molecule has 0 atom stereocenters. The molecule has 0 radical (unpaired) electrons. The maximum atomic E-state index is 11.7. The predicted molar refractivity (Wildman–Crippen MR) is 62.9 cm³/mol. The van der Waals surface area contributed by atoms with Gasteiger partial charge in [-0.05, 0) is 12.1 Å². The molecule has 1 heterocycles. The highest BCUT2D eigenvalue weighted by atomic mass is 16.5. The Morgan fingerprint density at radius 2 is 2.25 bits per heavy atom. The van der Waals surface area contributed by atoms with Crippen molar-refractivity contribution < 1.29 is 9.53 Å². The molecule has 16 heavy (non-hydrogen) atoms. The van der Waals surface area contributed by atoms with Gasteiger partial charge in [-0.2, -0.15) is 0 Å². The number of fused-ring (bicyclic) bond motifs is 1. The Morgan fingerprint density at radius 1 is 1.50 bits per heavy atom. The third-order valence-electron chi connectivity index (χ3n) is 2.68. The van der Waals surface area contributed by atoms with E-state index in [2.05, 4.69) is 0 Å². The van der Waals surface area contributed by atoms with Crippen molar-refractivity contribution >= 4 is 16.7 Å². The third-order valence-corrected chi connectivity index (χ3v) is 2.68. The van der Waals surface area contributed by atoms with E-state index < -0.39 is 0 Å². The molecule has 0 aliphatic rings. The molecule has 0 fully saturated rings. The minimum absolute atomic E-state index is 0.0111. The van der Waals surface area contributed by atoms with E-state index in [0.29, 0.717) is 11.3 Å². The van der Waals surface area contributed by atoms with Gasteiger partial charge in [0.15, 0.2) is 5.78 Å². The van der Waals surface area contributed by atoms with E-state index in [1.165, 1.54) is 0 Å². The second-order valence-corrected chi connectivity index (χ2v) is 3.64. The minimum Gasteiger partial charge on any atom is -0.496 e. The normalized spacial score (nSPS) is 10.7. The van der Waals surface area contributed by atoms with Crippen LogP contribution in [0.1, 0.15) is 10.4 Å². The van der Waals surface area contributed by atoms with Gasteiger partial charge in [0.05, 0.1) is 24.6 Å². The molecular weight excluding hydrogens is 204 g/mol. The van der Waals surface area contributed by atoms with Crippen molar-refractivity contribution in [2.75, 3.05) is 13.7 Å². The van der Waals surface area contributed by atoms with Crippen molar-refractivity contribution in [1.29, 1.82) is 0 Å². The Balaban J connectivity index is 2.79. The average Bonchev–Trinajstić information content (AvgIpc) is 2.66. The molecule has 84 valence electrons. The third kappa shape index (κ3) is 1.47. The lowest BCUT2D eigenvalue weighted by molar-refractivity contribution is 0.100. The molecule has 4 heteroatoms. The van der Waals surface area contributed by atoms with Gasteiger partial charge in [0.1, 0.15) is 5.75 Å². The number of carbonyl (C=O) groups is 1. The number of nitrogens with two attached hydrogens (primary N) is 1. The van der Waals surface area contributed by atoms with Crippen molar-refractivity contribution in [1.82, 2.24) is 4.57 Å². The number of rotatable bonds is 3. The number of ether oxygens (including phenoxy) is 1. The highest BCUT2D eigenvalue weighted by Gasteiger charge is 2.15. The standard InChI is InChI=1S/C12H14N2O2/c1-14-7-8(10(15)6-13)12-9(14)4-3-5-11(12)16-2/h3-5,7H,6,13H2,1-2H3. The Bertz CT molecular complexity index is 543. The van der Waals surface area contributed by atoms with Crippen LogP contribution in [0.2, 0.25) is 0 Å². The fraction of sp³-hybridized carbons (Fsp3) is 0.250. The first-order chi connectivity index (χ1) is 7.69. The number of carbonyl (C=O) groups excluding carboxylic acids is 1. The lowest BCUT2D eigenvalue weighted by Crippen LogP contribution is -2.13. The molecule has 0 aliphatic carbocycles. The fourth-order valence-corrected chi connectivity index (χ4v) is 1.90. The first kappa shape index (κ1) is 10.7. The molecule has 0 saturated heterocycles. The van der Waals surface area contributed by atoms with Crippen molar-refractivity contribution in [2.45, 2.75) is 0 Å². The van der Waals surface area contributed by atoms with Crippen molar-refractivity contribution in [2.24, 2.45) is 12.8 Å². The van der Waals surface area contributed by atoms with Crippen LogP contribution in [0, 0.1) is 0 Å².